The van der Waals surface area contributed by atoms with Crippen molar-refractivity contribution in [2.75, 3.05) is 12.4 Å². The lowest BCUT2D eigenvalue weighted by atomic mass is 10.2. The summed E-state index contributed by atoms with van der Waals surface area (Å²) in [6, 6.07) is 8.25. The molecule has 0 spiro atoms. The van der Waals surface area contributed by atoms with Crippen molar-refractivity contribution in [3.63, 3.8) is 0 Å². The molecule has 1 amide bonds. The second kappa shape index (κ2) is 5.95. The number of fused-ring (bicyclic) bond motifs is 1. The molecule has 0 aliphatic carbocycles. The first-order valence-electron chi connectivity index (χ1n) is 6.98. The molecule has 0 bridgehead atoms. The third kappa shape index (κ3) is 3.10. The summed E-state index contributed by atoms with van der Waals surface area (Å²) in [6.07, 6.45) is -0.649. The molecule has 3 rings (SSSR count). The summed E-state index contributed by atoms with van der Waals surface area (Å²) in [6.45, 7) is 1.92. The first-order valence-corrected chi connectivity index (χ1v) is 9.30. The Labute approximate surface area is 138 Å². The van der Waals surface area contributed by atoms with Gasteiger partial charge in [0.1, 0.15) is 5.75 Å². The predicted molar refractivity (Wildman–Crippen MR) is 88.1 cm³/mol. The van der Waals surface area contributed by atoms with Gasteiger partial charge in [0.15, 0.2) is 6.10 Å². The largest absolute Gasteiger partial charge is 0.479 e. The topological polar surface area (TPSA) is 75.7 Å². The molecule has 1 N–H and O–H groups in total. The highest BCUT2D eigenvalue weighted by molar-refractivity contribution is 7.89. The standard InChI is InChI=1S/C15H16N2O4S2/c1-10-15(18)16-13-6-5-12(8-14(13)21-10)23(19,20)17(2)9-11-4-3-7-22-11/h3-8,10H,9H2,1-2H3,(H,16,18). The van der Waals surface area contributed by atoms with Crippen molar-refractivity contribution >= 4 is 33.0 Å². The molecule has 0 saturated heterocycles. The molecule has 1 unspecified atom stereocenters. The Balaban J connectivity index is 1.88. The number of sulfonamides is 1. The number of nitrogens with one attached hydrogen (secondary N) is 1. The summed E-state index contributed by atoms with van der Waals surface area (Å²) in [5.41, 5.74) is 0.480. The maximum atomic E-state index is 12.7. The lowest BCUT2D eigenvalue weighted by molar-refractivity contribution is -0.122. The molecule has 1 aliphatic heterocycles. The summed E-state index contributed by atoms with van der Waals surface area (Å²) in [7, 11) is -2.09. The van der Waals surface area contributed by atoms with Crippen LogP contribution in [0.1, 0.15) is 11.8 Å². The fraction of sp³-hybridized carbons (Fsp3) is 0.267. The van der Waals surface area contributed by atoms with E-state index >= 15 is 0 Å². The molecular formula is C15H16N2O4S2. The van der Waals surface area contributed by atoms with Crippen molar-refractivity contribution < 1.29 is 17.9 Å². The van der Waals surface area contributed by atoms with Crippen LogP contribution in [0.15, 0.2) is 40.6 Å². The first kappa shape index (κ1) is 16.0. The monoisotopic (exact) mass is 352 g/mol. The molecule has 2 aromatic rings. The fourth-order valence-corrected chi connectivity index (χ4v) is 4.23. The minimum Gasteiger partial charge on any atom is -0.479 e. The van der Waals surface area contributed by atoms with Crippen molar-refractivity contribution in [2.24, 2.45) is 0 Å². The van der Waals surface area contributed by atoms with Gasteiger partial charge in [0, 0.05) is 24.5 Å². The fourth-order valence-electron chi connectivity index (χ4n) is 2.23. The van der Waals surface area contributed by atoms with E-state index < -0.39 is 16.1 Å². The van der Waals surface area contributed by atoms with Crippen molar-refractivity contribution in [1.29, 1.82) is 0 Å². The molecule has 1 atom stereocenters. The number of nitrogens with zero attached hydrogens (tertiary/aromatic N) is 1. The zero-order valence-electron chi connectivity index (χ0n) is 12.6. The molecule has 1 aliphatic rings. The number of rotatable bonds is 4. The Hall–Kier alpha value is -1.90. The van der Waals surface area contributed by atoms with Crippen LogP contribution in [0.4, 0.5) is 5.69 Å². The quantitative estimate of drug-likeness (QED) is 0.916. The van der Waals surface area contributed by atoms with Crippen molar-refractivity contribution in [3.05, 3.63) is 40.6 Å². The second-order valence-corrected chi connectivity index (χ2v) is 8.32. The van der Waals surface area contributed by atoms with Crippen LogP contribution in [0, 0.1) is 0 Å². The Bertz CT molecular complexity index is 831. The van der Waals surface area contributed by atoms with Crippen LogP contribution in [-0.4, -0.2) is 31.8 Å². The first-order chi connectivity index (χ1) is 10.9. The zero-order chi connectivity index (χ0) is 16.6. The number of thiophene rings is 1. The van der Waals surface area contributed by atoms with E-state index in [1.807, 2.05) is 17.5 Å². The van der Waals surface area contributed by atoms with Crippen LogP contribution in [0.25, 0.3) is 0 Å². The van der Waals surface area contributed by atoms with Crippen molar-refractivity contribution in [2.45, 2.75) is 24.5 Å². The smallest absolute Gasteiger partial charge is 0.265 e. The maximum absolute atomic E-state index is 12.7. The van der Waals surface area contributed by atoms with E-state index in [0.717, 1.165) is 4.88 Å². The number of carbonyl (C=O) groups is 1. The van der Waals surface area contributed by atoms with Crippen LogP contribution in [0.5, 0.6) is 5.75 Å². The average molecular weight is 352 g/mol. The van der Waals surface area contributed by atoms with Gasteiger partial charge in [0.05, 0.1) is 10.6 Å². The summed E-state index contributed by atoms with van der Waals surface area (Å²) in [4.78, 5) is 12.7. The number of benzene rings is 1. The van der Waals surface area contributed by atoms with Crippen molar-refractivity contribution in [1.82, 2.24) is 4.31 Å². The highest BCUT2D eigenvalue weighted by Gasteiger charge is 2.27. The third-order valence-electron chi connectivity index (χ3n) is 3.55. The van der Waals surface area contributed by atoms with Gasteiger partial charge in [0.2, 0.25) is 10.0 Å². The minimum absolute atomic E-state index is 0.138. The molecule has 1 aromatic heterocycles. The number of anilines is 1. The molecule has 2 heterocycles. The molecule has 0 radical (unpaired) electrons. The SMILES string of the molecule is CC1Oc2cc(S(=O)(=O)N(C)Cc3cccs3)ccc2NC1=O. The van der Waals surface area contributed by atoms with Gasteiger partial charge in [-0.15, -0.1) is 11.3 Å². The second-order valence-electron chi connectivity index (χ2n) is 5.25. The zero-order valence-corrected chi connectivity index (χ0v) is 14.3. The van der Waals surface area contributed by atoms with Crippen LogP contribution < -0.4 is 10.1 Å². The van der Waals surface area contributed by atoms with E-state index in [4.69, 9.17) is 4.74 Å². The molecule has 122 valence electrons. The molecule has 1 aromatic carbocycles. The van der Waals surface area contributed by atoms with Gasteiger partial charge >= 0.3 is 0 Å². The number of ether oxygens (including phenoxy) is 1. The number of hydrogen-bond acceptors (Lipinski definition) is 5. The molecule has 0 fully saturated rings. The highest BCUT2D eigenvalue weighted by Crippen LogP contribution is 2.33. The molecule has 6 nitrogen and oxygen atoms in total. The molecule has 0 saturated carbocycles. The molecule has 8 heteroatoms. The van der Waals surface area contributed by atoms with Gasteiger partial charge in [-0.05, 0) is 30.5 Å². The van der Waals surface area contributed by atoms with Gasteiger partial charge in [-0.2, -0.15) is 4.31 Å². The van der Waals surface area contributed by atoms with Gasteiger partial charge in [-0.1, -0.05) is 6.07 Å². The van der Waals surface area contributed by atoms with E-state index in [1.54, 1.807) is 20.0 Å². The predicted octanol–water partition coefficient (Wildman–Crippen LogP) is 2.29. The van der Waals surface area contributed by atoms with E-state index in [-0.39, 0.29) is 10.8 Å². The Morgan fingerprint density at radius 1 is 1.35 bits per heavy atom. The van der Waals surface area contributed by atoms with Crippen LogP contribution in [-0.2, 0) is 21.4 Å². The third-order valence-corrected chi connectivity index (χ3v) is 6.21. The normalized spacial score (nSPS) is 17.5. The van der Waals surface area contributed by atoms with E-state index in [1.165, 1.54) is 27.8 Å². The van der Waals surface area contributed by atoms with Gasteiger partial charge in [0.25, 0.3) is 5.91 Å². The van der Waals surface area contributed by atoms with Crippen LogP contribution in [0.3, 0.4) is 0 Å². The minimum atomic E-state index is -3.63. The van der Waals surface area contributed by atoms with E-state index in [0.29, 0.717) is 18.0 Å². The van der Waals surface area contributed by atoms with E-state index in [9.17, 15) is 13.2 Å². The lowest BCUT2D eigenvalue weighted by Gasteiger charge is -2.24. The van der Waals surface area contributed by atoms with Gasteiger partial charge in [-0.3, -0.25) is 4.79 Å². The maximum Gasteiger partial charge on any atom is 0.265 e. The number of hydrogen-bond donors (Lipinski definition) is 1. The highest BCUT2D eigenvalue weighted by atomic mass is 32.2. The number of amides is 1. The lowest BCUT2D eigenvalue weighted by Crippen LogP contribution is -2.34. The summed E-state index contributed by atoms with van der Waals surface area (Å²) < 4.78 is 32.1. The van der Waals surface area contributed by atoms with Crippen LogP contribution in [0.2, 0.25) is 0 Å². The summed E-state index contributed by atoms with van der Waals surface area (Å²) >= 11 is 1.51. The van der Waals surface area contributed by atoms with Gasteiger partial charge < -0.3 is 10.1 Å². The van der Waals surface area contributed by atoms with Crippen molar-refractivity contribution in [3.8, 4) is 5.75 Å². The van der Waals surface area contributed by atoms with Crippen LogP contribution >= 0.6 is 11.3 Å². The average Bonchev–Trinajstić information content (AvgIpc) is 3.00. The molecular weight excluding hydrogens is 336 g/mol. The number of carbonyl (C=O) groups excluding carboxylic acids is 1. The Morgan fingerprint density at radius 3 is 2.83 bits per heavy atom. The Morgan fingerprint density at radius 2 is 2.13 bits per heavy atom. The summed E-state index contributed by atoms with van der Waals surface area (Å²) in [5.74, 6) is 0.116. The van der Waals surface area contributed by atoms with E-state index in [2.05, 4.69) is 5.32 Å². The molecule has 23 heavy (non-hydrogen) atoms. The Kier molecular flexibility index (Phi) is 4.13. The summed E-state index contributed by atoms with van der Waals surface area (Å²) in [5, 5.41) is 4.59. The van der Waals surface area contributed by atoms with Gasteiger partial charge in [-0.25, -0.2) is 8.42 Å².